The highest BCUT2D eigenvalue weighted by molar-refractivity contribution is 8.00. The van der Waals surface area contributed by atoms with Crippen LogP contribution in [-0.4, -0.2) is 16.7 Å². The van der Waals surface area contributed by atoms with E-state index in [0.717, 1.165) is 17.2 Å². The van der Waals surface area contributed by atoms with Crippen molar-refractivity contribution in [2.45, 2.75) is 5.92 Å². The van der Waals surface area contributed by atoms with Gasteiger partial charge in [-0.25, -0.2) is 0 Å². The van der Waals surface area contributed by atoms with E-state index in [2.05, 4.69) is 29.4 Å². The molecule has 16 heavy (non-hydrogen) atoms. The minimum atomic E-state index is 0.356. The van der Waals surface area contributed by atoms with Crippen LogP contribution in [0.15, 0.2) is 34.9 Å². The fourth-order valence-electron chi connectivity index (χ4n) is 1.78. The maximum Gasteiger partial charge on any atom is 0.222 e. The molecule has 3 rings (SSSR count). The van der Waals surface area contributed by atoms with E-state index in [9.17, 15) is 0 Å². The van der Waals surface area contributed by atoms with Gasteiger partial charge in [0.2, 0.25) is 5.88 Å². The number of hydrogen-bond acceptors (Lipinski definition) is 4. The number of nitrogens with two attached hydrogens (primary N) is 1. The van der Waals surface area contributed by atoms with Gasteiger partial charge < -0.3 is 10.3 Å². The summed E-state index contributed by atoms with van der Waals surface area (Å²) >= 11 is 2.00. The second-order valence-electron chi connectivity index (χ2n) is 3.97. The van der Waals surface area contributed by atoms with Gasteiger partial charge in [-0.05, 0) is 5.56 Å². The highest BCUT2D eigenvalue weighted by Crippen LogP contribution is 2.34. The fourth-order valence-corrected chi connectivity index (χ4v) is 2.64. The Balaban J connectivity index is 1.86. The molecule has 1 aliphatic heterocycles. The standard InChI is InChI=1S/C12H12N2OS/c13-12-5-11(14-15-12)9-3-1-8(2-4-9)10-6-16-7-10/h1-5,10H,6-7,13H2. The largest absolute Gasteiger partial charge is 0.368 e. The van der Waals surface area contributed by atoms with E-state index in [0.29, 0.717) is 5.88 Å². The first kappa shape index (κ1) is 9.78. The molecule has 0 bridgehead atoms. The number of nitrogen functional groups attached to an aromatic ring is 1. The van der Waals surface area contributed by atoms with Gasteiger partial charge in [0, 0.05) is 29.1 Å². The van der Waals surface area contributed by atoms with Crippen molar-refractivity contribution in [2.24, 2.45) is 0 Å². The second kappa shape index (κ2) is 3.87. The van der Waals surface area contributed by atoms with E-state index >= 15 is 0 Å². The summed E-state index contributed by atoms with van der Waals surface area (Å²) in [5, 5.41) is 3.89. The van der Waals surface area contributed by atoms with Gasteiger partial charge in [-0.2, -0.15) is 11.8 Å². The molecule has 4 heteroatoms. The van der Waals surface area contributed by atoms with Crippen LogP contribution in [-0.2, 0) is 0 Å². The van der Waals surface area contributed by atoms with Gasteiger partial charge in [0.05, 0.1) is 0 Å². The van der Waals surface area contributed by atoms with Gasteiger partial charge in [-0.1, -0.05) is 29.4 Å². The number of hydrogen-bond donors (Lipinski definition) is 1. The number of aromatic nitrogens is 1. The summed E-state index contributed by atoms with van der Waals surface area (Å²) in [6.07, 6.45) is 0. The van der Waals surface area contributed by atoms with Crippen molar-refractivity contribution in [3.63, 3.8) is 0 Å². The summed E-state index contributed by atoms with van der Waals surface area (Å²) in [7, 11) is 0. The molecule has 1 aromatic heterocycles. The summed E-state index contributed by atoms with van der Waals surface area (Å²) in [4.78, 5) is 0. The molecule has 1 fully saturated rings. The summed E-state index contributed by atoms with van der Waals surface area (Å²) in [6.45, 7) is 0. The Morgan fingerprint density at radius 1 is 1.25 bits per heavy atom. The van der Waals surface area contributed by atoms with Crippen LogP contribution in [0.1, 0.15) is 11.5 Å². The molecule has 82 valence electrons. The van der Waals surface area contributed by atoms with Gasteiger partial charge in [-0.15, -0.1) is 0 Å². The fraction of sp³-hybridized carbons (Fsp3) is 0.250. The SMILES string of the molecule is Nc1cc(-c2ccc(C3CSC3)cc2)no1. The Morgan fingerprint density at radius 3 is 2.50 bits per heavy atom. The van der Waals surface area contributed by atoms with Gasteiger partial charge in [0.15, 0.2) is 0 Å². The molecular formula is C12H12N2OS. The van der Waals surface area contributed by atoms with Crippen molar-refractivity contribution >= 4 is 17.6 Å². The van der Waals surface area contributed by atoms with Crippen LogP contribution in [0.5, 0.6) is 0 Å². The Kier molecular flexibility index (Phi) is 2.36. The molecule has 0 aliphatic carbocycles. The third-order valence-electron chi connectivity index (χ3n) is 2.84. The van der Waals surface area contributed by atoms with Crippen molar-refractivity contribution in [1.82, 2.24) is 5.16 Å². The zero-order chi connectivity index (χ0) is 11.0. The van der Waals surface area contributed by atoms with Crippen LogP contribution < -0.4 is 5.73 Å². The minimum absolute atomic E-state index is 0.356. The average molecular weight is 232 g/mol. The van der Waals surface area contributed by atoms with E-state index in [1.54, 1.807) is 6.07 Å². The van der Waals surface area contributed by atoms with Crippen molar-refractivity contribution in [3.05, 3.63) is 35.9 Å². The number of anilines is 1. The van der Waals surface area contributed by atoms with E-state index in [1.807, 2.05) is 11.8 Å². The van der Waals surface area contributed by atoms with Crippen molar-refractivity contribution < 1.29 is 4.52 Å². The molecule has 0 saturated carbocycles. The van der Waals surface area contributed by atoms with Crippen molar-refractivity contribution in [3.8, 4) is 11.3 Å². The lowest BCUT2D eigenvalue weighted by molar-refractivity contribution is 0.439. The zero-order valence-electron chi connectivity index (χ0n) is 8.72. The van der Waals surface area contributed by atoms with Crippen molar-refractivity contribution in [2.75, 3.05) is 17.2 Å². The Morgan fingerprint density at radius 2 is 2.00 bits per heavy atom. The van der Waals surface area contributed by atoms with Crippen LogP contribution in [0.4, 0.5) is 5.88 Å². The first-order chi connectivity index (χ1) is 7.83. The molecule has 0 amide bonds. The normalized spacial score (nSPS) is 16.0. The van der Waals surface area contributed by atoms with E-state index in [1.165, 1.54) is 17.1 Å². The first-order valence-corrected chi connectivity index (χ1v) is 6.38. The van der Waals surface area contributed by atoms with Crippen LogP contribution in [0.3, 0.4) is 0 Å². The average Bonchev–Trinajstić information content (AvgIpc) is 2.63. The lowest BCUT2D eigenvalue weighted by Gasteiger charge is -2.25. The lowest BCUT2D eigenvalue weighted by atomic mass is 10.00. The smallest absolute Gasteiger partial charge is 0.222 e. The molecule has 0 radical (unpaired) electrons. The zero-order valence-corrected chi connectivity index (χ0v) is 9.54. The molecule has 0 unspecified atom stereocenters. The molecule has 1 aliphatic rings. The minimum Gasteiger partial charge on any atom is -0.368 e. The molecule has 1 aromatic carbocycles. The highest BCUT2D eigenvalue weighted by Gasteiger charge is 2.19. The molecule has 2 aromatic rings. The van der Waals surface area contributed by atoms with Crippen LogP contribution >= 0.6 is 11.8 Å². The van der Waals surface area contributed by atoms with Crippen molar-refractivity contribution in [1.29, 1.82) is 0 Å². The van der Waals surface area contributed by atoms with Gasteiger partial charge in [0.1, 0.15) is 5.69 Å². The summed E-state index contributed by atoms with van der Waals surface area (Å²) in [6, 6.07) is 10.2. The van der Waals surface area contributed by atoms with Gasteiger partial charge in [0.25, 0.3) is 0 Å². The summed E-state index contributed by atoms with van der Waals surface area (Å²) < 4.78 is 4.85. The summed E-state index contributed by atoms with van der Waals surface area (Å²) in [5.74, 6) is 3.59. The Labute approximate surface area is 98.0 Å². The third kappa shape index (κ3) is 1.69. The molecule has 3 nitrogen and oxygen atoms in total. The van der Waals surface area contributed by atoms with Gasteiger partial charge in [-0.3, -0.25) is 0 Å². The molecule has 2 N–H and O–H groups in total. The number of rotatable bonds is 2. The van der Waals surface area contributed by atoms with Gasteiger partial charge >= 0.3 is 0 Å². The predicted molar refractivity (Wildman–Crippen MR) is 66.4 cm³/mol. The number of benzene rings is 1. The van der Waals surface area contributed by atoms with Crippen LogP contribution in [0, 0.1) is 0 Å². The molecular weight excluding hydrogens is 220 g/mol. The van der Waals surface area contributed by atoms with E-state index in [-0.39, 0.29) is 0 Å². The predicted octanol–water partition coefficient (Wildman–Crippen LogP) is 2.75. The molecule has 2 heterocycles. The topological polar surface area (TPSA) is 52.0 Å². The quantitative estimate of drug-likeness (QED) is 0.865. The molecule has 1 saturated heterocycles. The van der Waals surface area contributed by atoms with E-state index in [4.69, 9.17) is 10.3 Å². The number of nitrogens with zero attached hydrogens (tertiary/aromatic N) is 1. The van der Waals surface area contributed by atoms with E-state index < -0.39 is 0 Å². The lowest BCUT2D eigenvalue weighted by Crippen LogP contribution is -2.14. The monoisotopic (exact) mass is 232 g/mol. The van der Waals surface area contributed by atoms with Crippen LogP contribution in [0.2, 0.25) is 0 Å². The number of thioether (sulfide) groups is 1. The molecule has 0 spiro atoms. The van der Waals surface area contributed by atoms with Crippen LogP contribution in [0.25, 0.3) is 11.3 Å². The maximum absolute atomic E-state index is 5.49. The highest BCUT2D eigenvalue weighted by atomic mass is 32.2. The third-order valence-corrected chi connectivity index (χ3v) is 4.12. The first-order valence-electron chi connectivity index (χ1n) is 5.23. The maximum atomic E-state index is 5.49. The Hall–Kier alpha value is -1.42. The molecule has 0 atom stereocenters. The second-order valence-corrected chi connectivity index (χ2v) is 5.05. The summed E-state index contributed by atoms with van der Waals surface area (Å²) in [5.41, 5.74) is 8.76. The Bertz CT molecular complexity index is 488.